The Morgan fingerprint density at radius 1 is 0.952 bits per heavy atom. The molecule has 0 spiro atoms. The largest absolute Gasteiger partial charge is 0.493 e. The predicted octanol–water partition coefficient (Wildman–Crippen LogP) is 4.18. The maximum atomic E-state index is 6.04. The fourth-order valence-electron chi connectivity index (χ4n) is 2.79. The summed E-state index contributed by atoms with van der Waals surface area (Å²) in [6, 6.07) is 11.7. The Bertz CT molecular complexity index is 684. The summed E-state index contributed by atoms with van der Waals surface area (Å²) in [5.41, 5.74) is 2.38. The van der Waals surface area contributed by atoms with Gasteiger partial charge in [-0.25, -0.2) is 0 Å². The van der Waals surface area contributed by atoms with Gasteiger partial charge < -0.3 is 14.2 Å². The van der Waals surface area contributed by atoms with Crippen LogP contribution in [-0.2, 0) is 6.42 Å². The predicted molar refractivity (Wildman–Crippen MR) is 80.6 cm³/mol. The Hall–Kier alpha value is -1.87. The van der Waals surface area contributed by atoms with Crippen LogP contribution in [0, 0.1) is 0 Å². The van der Waals surface area contributed by atoms with E-state index in [2.05, 4.69) is 12.1 Å². The van der Waals surface area contributed by atoms with Gasteiger partial charge in [-0.2, -0.15) is 0 Å². The summed E-state index contributed by atoms with van der Waals surface area (Å²) >= 11 is 5.96. The van der Waals surface area contributed by atoms with Crippen molar-refractivity contribution in [2.75, 3.05) is 13.2 Å². The molecule has 4 heteroatoms. The van der Waals surface area contributed by atoms with Crippen LogP contribution in [0.3, 0.4) is 0 Å². The molecule has 0 N–H and O–H groups in total. The zero-order valence-corrected chi connectivity index (χ0v) is 12.2. The van der Waals surface area contributed by atoms with Crippen LogP contribution in [0.2, 0.25) is 5.02 Å². The van der Waals surface area contributed by atoms with Gasteiger partial charge in [0.2, 0.25) is 0 Å². The van der Waals surface area contributed by atoms with Crippen molar-refractivity contribution in [2.24, 2.45) is 0 Å². The fourth-order valence-corrected chi connectivity index (χ4v) is 2.95. The van der Waals surface area contributed by atoms with Gasteiger partial charge in [0, 0.05) is 11.1 Å². The molecule has 4 rings (SSSR count). The van der Waals surface area contributed by atoms with E-state index < -0.39 is 0 Å². The molecule has 21 heavy (non-hydrogen) atoms. The summed E-state index contributed by atoms with van der Waals surface area (Å²) in [5.74, 6) is 2.44. The molecule has 3 nitrogen and oxygen atoms in total. The first-order valence-electron chi connectivity index (χ1n) is 7.14. The molecular weight excluding hydrogens is 288 g/mol. The number of hydrogen-bond acceptors (Lipinski definition) is 3. The Morgan fingerprint density at radius 3 is 2.81 bits per heavy atom. The van der Waals surface area contributed by atoms with Crippen LogP contribution < -0.4 is 14.2 Å². The van der Waals surface area contributed by atoms with E-state index in [1.54, 1.807) is 6.07 Å². The van der Waals surface area contributed by atoms with Gasteiger partial charge in [-0.1, -0.05) is 17.7 Å². The lowest BCUT2D eigenvalue weighted by Crippen LogP contribution is -2.22. The second kappa shape index (κ2) is 5.15. The minimum atomic E-state index is -0.0918. The maximum Gasteiger partial charge on any atom is 0.162 e. The Balaban J connectivity index is 1.62. The van der Waals surface area contributed by atoms with Crippen molar-refractivity contribution < 1.29 is 14.2 Å². The highest BCUT2D eigenvalue weighted by Crippen LogP contribution is 2.39. The van der Waals surface area contributed by atoms with Crippen LogP contribution in [0.25, 0.3) is 0 Å². The van der Waals surface area contributed by atoms with Gasteiger partial charge in [0.05, 0.1) is 6.61 Å². The van der Waals surface area contributed by atoms with Gasteiger partial charge in [-0.05, 0) is 48.2 Å². The molecule has 0 radical (unpaired) electrons. The van der Waals surface area contributed by atoms with Crippen molar-refractivity contribution in [3.05, 3.63) is 52.5 Å². The summed E-state index contributed by atoms with van der Waals surface area (Å²) in [6.45, 7) is 1.30. The molecule has 0 aromatic heterocycles. The molecule has 2 aromatic carbocycles. The second-order valence-electron chi connectivity index (χ2n) is 5.33. The van der Waals surface area contributed by atoms with E-state index in [4.69, 9.17) is 25.8 Å². The molecule has 0 aliphatic carbocycles. The van der Waals surface area contributed by atoms with E-state index in [1.807, 2.05) is 18.2 Å². The van der Waals surface area contributed by atoms with Crippen LogP contribution in [0.5, 0.6) is 17.2 Å². The Morgan fingerprint density at radius 2 is 1.86 bits per heavy atom. The average molecular weight is 303 g/mol. The molecule has 108 valence electrons. The lowest BCUT2D eigenvalue weighted by Gasteiger charge is -2.28. The monoisotopic (exact) mass is 302 g/mol. The molecular formula is C17H15ClO3. The van der Waals surface area contributed by atoms with E-state index in [9.17, 15) is 0 Å². The fraction of sp³-hybridized carbons (Fsp3) is 0.294. The lowest BCUT2D eigenvalue weighted by molar-refractivity contribution is 0.0911. The maximum absolute atomic E-state index is 6.04. The van der Waals surface area contributed by atoms with Gasteiger partial charge in [0.1, 0.15) is 12.4 Å². The van der Waals surface area contributed by atoms with Crippen molar-refractivity contribution in [1.29, 1.82) is 0 Å². The zero-order chi connectivity index (χ0) is 14.2. The number of hydrogen-bond donors (Lipinski definition) is 0. The van der Waals surface area contributed by atoms with E-state index in [-0.39, 0.29) is 6.10 Å². The summed E-state index contributed by atoms with van der Waals surface area (Å²) in [4.78, 5) is 0. The summed E-state index contributed by atoms with van der Waals surface area (Å²) in [7, 11) is 0. The Labute approximate surface area is 128 Å². The van der Waals surface area contributed by atoms with Crippen LogP contribution >= 0.6 is 11.6 Å². The van der Waals surface area contributed by atoms with E-state index in [0.717, 1.165) is 36.5 Å². The smallest absolute Gasteiger partial charge is 0.162 e. The van der Waals surface area contributed by atoms with Gasteiger partial charge in [-0.3, -0.25) is 0 Å². The molecule has 2 heterocycles. The van der Waals surface area contributed by atoms with Crippen LogP contribution in [0.15, 0.2) is 36.4 Å². The number of fused-ring (bicyclic) bond motifs is 2. The first kappa shape index (κ1) is 12.8. The standard InChI is InChI=1S/C17H15ClO3/c18-13-4-6-15-16(9-13)20-10-17(21-15)12-3-5-14-11(8-12)2-1-7-19-14/h3-6,8-9,17H,1-2,7,10H2. The SMILES string of the molecule is Clc1ccc2c(c1)OCC(c1ccc3c(c1)CCCO3)O2. The summed E-state index contributed by atoms with van der Waals surface area (Å²) in [5, 5.41) is 0.654. The highest BCUT2D eigenvalue weighted by molar-refractivity contribution is 6.30. The molecule has 0 fully saturated rings. The minimum Gasteiger partial charge on any atom is -0.493 e. The second-order valence-corrected chi connectivity index (χ2v) is 5.76. The Kier molecular flexibility index (Phi) is 3.15. The molecule has 2 aromatic rings. The minimum absolute atomic E-state index is 0.0918. The third-order valence-corrected chi connectivity index (χ3v) is 4.10. The molecule has 0 bridgehead atoms. The normalized spacial score (nSPS) is 19.6. The van der Waals surface area contributed by atoms with Crippen molar-refractivity contribution in [2.45, 2.75) is 18.9 Å². The van der Waals surface area contributed by atoms with E-state index in [0.29, 0.717) is 17.4 Å². The van der Waals surface area contributed by atoms with Crippen LogP contribution in [0.4, 0.5) is 0 Å². The highest BCUT2D eigenvalue weighted by atomic mass is 35.5. The van der Waals surface area contributed by atoms with Gasteiger partial charge in [0.25, 0.3) is 0 Å². The molecule has 2 aliphatic rings. The third-order valence-electron chi connectivity index (χ3n) is 3.87. The molecule has 0 saturated heterocycles. The first-order valence-corrected chi connectivity index (χ1v) is 7.52. The van der Waals surface area contributed by atoms with Crippen molar-refractivity contribution >= 4 is 11.6 Å². The van der Waals surface area contributed by atoms with Crippen LogP contribution in [0.1, 0.15) is 23.7 Å². The lowest BCUT2D eigenvalue weighted by atomic mass is 10.0. The number of ether oxygens (including phenoxy) is 3. The van der Waals surface area contributed by atoms with Crippen molar-refractivity contribution in [1.82, 2.24) is 0 Å². The van der Waals surface area contributed by atoms with Gasteiger partial charge in [0.15, 0.2) is 17.6 Å². The van der Waals surface area contributed by atoms with Gasteiger partial charge in [-0.15, -0.1) is 0 Å². The molecule has 0 saturated carbocycles. The quantitative estimate of drug-likeness (QED) is 0.791. The highest BCUT2D eigenvalue weighted by Gasteiger charge is 2.24. The number of halogens is 1. The number of benzene rings is 2. The zero-order valence-electron chi connectivity index (χ0n) is 11.5. The van der Waals surface area contributed by atoms with E-state index >= 15 is 0 Å². The summed E-state index contributed by atoms with van der Waals surface area (Å²) < 4.78 is 17.5. The number of rotatable bonds is 1. The average Bonchev–Trinajstić information content (AvgIpc) is 2.54. The van der Waals surface area contributed by atoms with Gasteiger partial charge >= 0.3 is 0 Å². The van der Waals surface area contributed by atoms with Crippen molar-refractivity contribution in [3.63, 3.8) is 0 Å². The van der Waals surface area contributed by atoms with E-state index in [1.165, 1.54) is 5.56 Å². The molecule has 0 amide bonds. The number of aryl methyl sites for hydroxylation is 1. The topological polar surface area (TPSA) is 27.7 Å². The molecule has 1 atom stereocenters. The molecule has 2 aliphatic heterocycles. The third kappa shape index (κ3) is 2.42. The van der Waals surface area contributed by atoms with Crippen molar-refractivity contribution in [3.8, 4) is 17.2 Å². The first-order chi connectivity index (χ1) is 10.3. The summed E-state index contributed by atoms with van der Waals surface area (Å²) in [6.07, 6.45) is 2.04. The molecule has 1 unspecified atom stereocenters. The van der Waals surface area contributed by atoms with Crippen LogP contribution in [-0.4, -0.2) is 13.2 Å².